The number of ether oxygens (including phenoxy) is 1. The molecule has 0 saturated carbocycles. The van der Waals surface area contributed by atoms with Crippen molar-refractivity contribution < 1.29 is 9.53 Å². The Kier molecular flexibility index (Phi) is 4.89. The molecule has 0 bridgehead atoms. The average Bonchev–Trinajstić information content (AvgIpc) is 3.36. The van der Waals surface area contributed by atoms with Crippen molar-refractivity contribution in [3.63, 3.8) is 0 Å². The highest BCUT2D eigenvalue weighted by Crippen LogP contribution is 2.26. The van der Waals surface area contributed by atoms with Crippen molar-refractivity contribution in [3.8, 4) is 5.95 Å². The number of hydrogen-bond donors (Lipinski definition) is 2. The van der Waals surface area contributed by atoms with Crippen LogP contribution in [0.25, 0.3) is 16.9 Å². The lowest BCUT2D eigenvalue weighted by Crippen LogP contribution is -2.13. The molecule has 4 heterocycles. The topological polar surface area (TPSA) is 108 Å². The number of carbonyl (C=O) groups excluding carboxylic acids is 1. The van der Waals surface area contributed by atoms with E-state index in [0.29, 0.717) is 36.7 Å². The Bertz CT molecular complexity index is 1220. The smallest absolute Gasteiger partial charge is 0.253 e. The molecule has 0 saturated heterocycles. The van der Waals surface area contributed by atoms with Gasteiger partial charge in [-0.15, -0.1) is 11.3 Å². The van der Waals surface area contributed by atoms with Gasteiger partial charge in [-0.05, 0) is 36.4 Å². The zero-order valence-electron chi connectivity index (χ0n) is 16.2. The minimum atomic E-state index is -0.488. The first-order valence-corrected chi connectivity index (χ1v) is 10.6. The molecule has 0 fully saturated rings. The van der Waals surface area contributed by atoms with E-state index < -0.39 is 5.91 Å². The van der Waals surface area contributed by atoms with Gasteiger partial charge >= 0.3 is 0 Å². The number of anilines is 1. The van der Waals surface area contributed by atoms with E-state index in [1.54, 1.807) is 34.3 Å². The molecule has 1 aromatic carbocycles. The van der Waals surface area contributed by atoms with Crippen molar-refractivity contribution in [3.05, 3.63) is 63.6 Å². The van der Waals surface area contributed by atoms with Crippen molar-refractivity contribution in [2.24, 2.45) is 5.73 Å². The van der Waals surface area contributed by atoms with Gasteiger partial charge in [0.25, 0.3) is 5.95 Å². The molecule has 1 aliphatic heterocycles. The second kappa shape index (κ2) is 7.85. The minimum absolute atomic E-state index is 0.429. The summed E-state index contributed by atoms with van der Waals surface area (Å²) in [5.74, 6) is 0.722. The Labute approximate surface area is 176 Å². The van der Waals surface area contributed by atoms with Gasteiger partial charge < -0.3 is 15.8 Å². The van der Waals surface area contributed by atoms with Gasteiger partial charge in [0, 0.05) is 22.4 Å². The van der Waals surface area contributed by atoms with Crippen molar-refractivity contribution >= 4 is 34.0 Å². The first-order chi connectivity index (χ1) is 14.7. The summed E-state index contributed by atoms with van der Waals surface area (Å²) < 4.78 is 7.41. The molecule has 5 rings (SSSR count). The standard InChI is InChI=1S/C21H20N6O2S/c22-19(28)14-5-1-7-18-15(14)11-24-27(18)21-25-17-6-2-8-29-12-16(17)20(26-21)23-10-13-4-3-9-30-13/h1,3-5,7,9,11H,2,6,8,10,12H2,(H2,22,28)(H,23,25,26). The van der Waals surface area contributed by atoms with Crippen LogP contribution in [-0.2, 0) is 24.3 Å². The molecule has 8 nitrogen and oxygen atoms in total. The zero-order valence-corrected chi connectivity index (χ0v) is 17.0. The zero-order chi connectivity index (χ0) is 20.5. The maximum Gasteiger partial charge on any atom is 0.253 e. The van der Waals surface area contributed by atoms with Crippen LogP contribution in [0.4, 0.5) is 5.82 Å². The molecule has 1 amide bonds. The number of aromatic nitrogens is 4. The molecule has 9 heteroatoms. The van der Waals surface area contributed by atoms with Crippen molar-refractivity contribution in [1.82, 2.24) is 19.7 Å². The largest absolute Gasteiger partial charge is 0.377 e. The quantitative estimate of drug-likeness (QED) is 0.514. The Balaban J connectivity index is 1.61. The highest BCUT2D eigenvalue weighted by Gasteiger charge is 2.20. The summed E-state index contributed by atoms with van der Waals surface area (Å²) in [6, 6.07) is 9.48. The Hall–Kier alpha value is -3.30. The highest BCUT2D eigenvalue weighted by atomic mass is 32.1. The number of primary amides is 1. The number of nitrogens with one attached hydrogen (secondary N) is 1. The van der Waals surface area contributed by atoms with E-state index in [1.165, 1.54) is 4.88 Å². The summed E-state index contributed by atoms with van der Waals surface area (Å²) in [4.78, 5) is 22.6. The lowest BCUT2D eigenvalue weighted by Gasteiger charge is -2.14. The van der Waals surface area contributed by atoms with Crippen molar-refractivity contribution in [2.45, 2.75) is 26.0 Å². The number of aryl methyl sites for hydroxylation is 1. The molecule has 0 radical (unpaired) electrons. The molecule has 0 spiro atoms. The van der Waals surface area contributed by atoms with Crippen LogP contribution in [0.5, 0.6) is 0 Å². The van der Waals surface area contributed by atoms with E-state index >= 15 is 0 Å². The molecule has 4 aromatic rings. The van der Waals surface area contributed by atoms with E-state index in [4.69, 9.17) is 20.4 Å². The van der Waals surface area contributed by atoms with E-state index in [-0.39, 0.29) is 0 Å². The number of fused-ring (bicyclic) bond motifs is 2. The highest BCUT2D eigenvalue weighted by molar-refractivity contribution is 7.09. The van der Waals surface area contributed by atoms with Gasteiger partial charge in [-0.1, -0.05) is 12.1 Å². The lowest BCUT2D eigenvalue weighted by molar-refractivity contribution is 0.100. The Morgan fingerprint density at radius 3 is 3.03 bits per heavy atom. The van der Waals surface area contributed by atoms with Crippen molar-refractivity contribution in [1.29, 1.82) is 0 Å². The average molecular weight is 420 g/mol. The third-order valence-electron chi connectivity index (χ3n) is 5.11. The van der Waals surface area contributed by atoms with Crippen LogP contribution in [-0.4, -0.2) is 32.3 Å². The predicted molar refractivity (Wildman–Crippen MR) is 115 cm³/mol. The van der Waals surface area contributed by atoms with E-state index in [0.717, 1.165) is 35.4 Å². The van der Waals surface area contributed by atoms with Crippen LogP contribution in [0, 0.1) is 0 Å². The molecule has 0 aliphatic carbocycles. The monoisotopic (exact) mass is 420 g/mol. The van der Waals surface area contributed by atoms with Crippen LogP contribution < -0.4 is 11.1 Å². The number of amides is 1. The summed E-state index contributed by atoms with van der Waals surface area (Å²) in [6.07, 6.45) is 3.34. The van der Waals surface area contributed by atoms with Gasteiger partial charge in [0.15, 0.2) is 0 Å². The number of nitrogens with two attached hydrogens (primary N) is 1. The van der Waals surface area contributed by atoms with Gasteiger partial charge in [-0.25, -0.2) is 4.98 Å². The summed E-state index contributed by atoms with van der Waals surface area (Å²) >= 11 is 1.69. The van der Waals surface area contributed by atoms with Crippen LogP contribution in [0.2, 0.25) is 0 Å². The van der Waals surface area contributed by atoms with Crippen LogP contribution in [0.15, 0.2) is 41.9 Å². The predicted octanol–water partition coefficient (Wildman–Crippen LogP) is 3.05. The summed E-state index contributed by atoms with van der Waals surface area (Å²) in [5, 5.41) is 10.6. The summed E-state index contributed by atoms with van der Waals surface area (Å²) in [7, 11) is 0. The third kappa shape index (κ3) is 3.42. The Morgan fingerprint density at radius 2 is 2.20 bits per heavy atom. The number of nitrogens with zero attached hydrogens (tertiary/aromatic N) is 4. The number of thiophene rings is 1. The summed E-state index contributed by atoms with van der Waals surface area (Å²) in [5.41, 5.74) is 8.63. The van der Waals surface area contributed by atoms with Gasteiger partial charge in [-0.3, -0.25) is 4.79 Å². The molecule has 3 aromatic heterocycles. The molecular weight excluding hydrogens is 400 g/mol. The molecule has 0 unspecified atom stereocenters. The number of carbonyl (C=O) groups is 1. The van der Waals surface area contributed by atoms with Gasteiger partial charge in [0.05, 0.1) is 36.1 Å². The van der Waals surface area contributed by atoms with Crippen molar-refractivity contribution in [2.75, 3.05) is 11.9 Å². The van der Waals surface area contributed by atoms with E-state index in [1.807, 2.05) is 12.1 Å². The van der Waals surface area contributed by atoms with E-state index in [2.05, 4.69) is 21.9 Å². The fourth-order valence-electron chi connectivity index (χ4n) is 3.64. The normalized spacial score (nSPS) is 13.7. The van der Waals surface area contributed by atoms with Gasteiger partial charge in [0.2, 0.25) is 5.91 Å². The molecular formula is C21H20N6O2S. The molecule has 3 N–H and O–H groups in total. The number of rotatable bonds is 5. The SMILES string of the molecule is NC(=O)c1cccc2c1cnn2-c1nc2c(c(NCc3cccs3)n1)COCCC2. The van der Waals surface area contributed by atoms with Crippen LogP contribution in [0.1, 0.15) is 32.9 Å². The fraction of sp³-hybridized carbons (Fsp3) is 0.238. The lowest BCUT2D eigenvalue weighted by atomic mass is 10.1. The number of benzene rings is 1. The van der Waals surface area contributed by atoms with Gasteiger partial charge in [-0.2, -0.15) is 14.8 Å². The molecule has 1 aliphatic rings. The Morgan fingerprint density at radius 1 is 1.27 bits per heavy atom. The van der Waals surface area contributed by atoms with Crippen LogP contribution >= 0.6 is 11.3 Å². The minimum Gasteiger partial charge on any atom is -0.377 e. The second-order valence-corrected chi connectivity index (χ2v) is 8.08. The maximum atomic E-state index is 11.8. The fourth-order valence-corrected chi connectivity index (χ4v) is 4.29. The van der Waals surface area contributed by atoms with E-state index in [9.17, 15) is 4.79 Å². The maximum absolute atomic E-state index is 11.8. The van der Waals surface area contributed by atoms with Crippen LogP contribution in [0.3, 0.4) is 0 Å². The number of hydrogen-bond acceptors (Lipinski definition) is 7. The molecule has 152 valence electrons. The molecule has 0 atom stereocenters. The summed E-state index contributed by atoms with van der Waals surface area (Å²) in [6.45, 7) is 1.85. The molecule has 30 heavy (non-hydrogen) atoms. The first kappa shape index (κ1) is 18.7. The van der Waals surface area contributed by atoms with Gasteiger partial charge in [0.1, 0.15) is 5.82 Å². The second-order valence-electron chi connectivity index (χ2n) is 7.05. The first-order valence-electron chi connectivity index (χ1n) is 9.71. The third-order valence-corrected chi connectivity index (χ3v) is 5.98.